The van der Waals surface area contributed by atoms with Crippen LogP contribution in [0.2, 0.25) is 0 Å². The van der Waals surface area contributed by atoms with E-state index in [1.165, 1.54) is 12.2 Å². The summed E-state index contributed by atoms with van der Waals surface area (Å²) in [4.78, 5) is 0. The Morgan fingerprint density at radius 3 is 2.36 bits per heavy atom. The van der Waals surface area contributed by atoms with Gasteiger partial charge in [-0.25, -0.2) is 5.43 Å². The van der Waals surface area contributed by atoms with Crippen molar-refractivity contribution >= 4 is 23.2 Å². The summed E-state index contributed by atoms with van der Waals surface area (Å²) in [6, 6.07) is 0. The molecule has 0 amide bonds. The summed E-state index contributed by atoms with van der Waals surface area (Å²) < 4.78 is 38.1. The molecular weight excluding hydrogens is 240 g/mol. The minimum Gasteiger partial charge on any atom is -0.270 e. The lowest BCUT2D eigenvalue weighted by Gasteiger charge is -2.38. The van der Waals surface area contributed by atoms with Crippen LogP contribution in [0.15, 0.2) is 23.3 Å². The predicted octanol–water partition coefficient (Wildman–Crippen LogP) is 2.05. The molecule has 0 aliphatic heterocycles. The molecule has 0 saturated carbocycles. The van der Waals surface area contributed by atoms with Crippen LogP contribution in [-0.2, 0) is 0 Å². The highest BCUT2D eigenvalue weighted by molar-refractivity contribution is 6.33. The number of hydrogen-bond acceptors (Lipinski definition) is 2. The van der Waals surface area contributed by atoms with E-state index in [0.29, 0.717) is 0 Å². The van der Waals surface area contributed by atoms with Crippen molar-refractivity contribution in [1.29, 1.82) is 0 Å². The van der Waals surface area contributed by atoms with Gasteiger partial charge in [0.25, 0.3) is 0 Å². The lowest BCUT2D eigenvalue weighted by Crippen LogP contribution is -2.65. The summed E-state index contributed by atoms with van der Waals surface area (Å²) >= 11 is 11.0. The van der Waals surface area contributed by atoms with Gasteiger partial charge >= 0.3 is 6.18 Å². The quantitative estimate of drug-likeness (QED) is 0.422. The number of halogens is 5. The summed E-state index contributed by atoms with van der Waals surface area (Å²) in [5.41, 5.74) is -0.944. The highest BCUT2D eigenvalue weighted by Crippen LogP contribution is 2.44. The zero-order valence-electron chi connectivity index (χ0n) is 6.78. The summed E-state index contributed by atoms with van der Waals surface area (Å²) in [5.74, 6) is 4.89. The van der Waals surface area contributed by atoms with Crippen molar-refractivity contribution in [3.63, 3.8) is 0 Å². The number of nitrogens with one attached hydrogen (secondary N) is 1. The average Bonchev–Trinajstić information content (AvgIpc) is 2.02. The van der Waals surface area contributed by atoms with Gasteiger partial charge < -0.3 is 0 Å². The largest absolute Gasteiger partial charge is 0.414 e. The van der Waals surface area contributed by atoms with Crippen LogP contribution in [0.1, 0.15) is 0 Å². The standard InChI is InChI=1S/C7H7Cl2F3N2/c8-4-2-1-3-5(9)6(4,14-13)7(10,11)12/h1-4,14H,13H2. The predicted molar refractivity (Wildman–Crippen MR) is 48.8 cm³/mol. The van der Waals surface area contributed by atoms with Gasteiger partial charge in [-0.05, 0) is 6.08 Å². The fourth-order valence-corrected chi connectivity index (χ4v) is 1.96. The second kappa shape index (κ2) is 3.73. The summed E-state index contributed by atoms with van der Waals surface area (Å²) in [6.45, 7) is 0. The molecule has 1 rings (SSSR count). The molecule has 0 radical (unpaired) electrons. The molecule has 80 valence electrons. The number of nitrogens with two attached hydrogens (primary N) is 1. The first kappa shape index (κ1) is 11.8. The molecule has 0 saturated heterocycles. The van der Waals surface area contributed by atoms with Crippen molar-refractivity contribution in [2.45, 2.75) is 17.1 Å². The first-order valence-electron chi connectivity index (χ1n) is 3.59. The van der Waals surface area contributed by atoms with Gasteiger partial charge in [-0.15, -0.1) is 11.6 Å². The Balaban J connectivity index is 3.23. The molecule has 1 aliphatic rings. The van der Waals surface area contributed by atoms with Gasteiger partial charge in [0.15, 0.2) is 5.54 Å². The van der Waals surface area contributed by atoms with Gasteiger partial charge in [-0.1, -0.05) is 23.8 Å². The third kappa shape index (κ3) is 1.54. The van der Waals surface area contributed by atoms with E-state index in [0.717, 1.165) is 6.08 Å². The first-order chi connectivity index (χ1) is 6.36. The number of alkyl halides is 4. The molecule has 0 bridgehead atoms. The van der Waals surface area contributed by atoms with Crippen molar-refractivity contribution in [2.24, 2.45) is 5.84 Å². The van der Waals surface area contributed by atoms with Gasteiger partial charge in [0, 0.05) is 0 Å². The van der Waals surface area contributed by atoms with Crippen LogP contribution in [0, 0.1) is 0 Å². The Morgan fingerprint density at radius 2 is 2.07 bits per heavy atom. The van der Waals surface area contributed by atoms with Crippen molar-refractivity contribution < 1.29 is 13.2 Å². The van der Waals surface area contributed by atoms with Crippen LogP contribution >= 0.6 is 23.2 Å². The van der Waals surface area contributed by atoms with Gasteiger partial charge in [0.1, 0.15) is 0 Å². The lowest BCUT2D eigenvalue weighted by molar-refractivity contribution is -0.181. The summed E-state index contributed by atoms with van der Waals surface area (Å²) in [7, 11) is 0. The molecule has 3 N–H and O–H groups in total. The zero-order valence-corrected chi connectivity index (χ0v) is 8.29. The molecule has 0 heterocycles. The van der Waals surface area contributed by atoms with Crippen LogP contribution in [0.4, 0.5) is 13.2 Å². The van der Waals surface area contributed by atoms with Crippen molar-refractivity contribution in [2.75, 3.05) is 0 Å². The van der Waals surface area contributed by atoms with Crippen molar-refractivity contribution in [1.82, 2.24) is 5.43 Å². The molecule has 0 fully saturated rings. The smallest absolute Gasteiger partial charge is 0.270 e. The molecule has 2 atom stereocenters. The van der Waals surface area contributed by atoms with Crippen molar-refractivity contribution in [3.8, 4) is 0 Å². The normalized spacial score (nSPS) is 33.0. The molecule has 7 heteroatoms. The minimum absolute atomic E-state index is 0.477. The Kier molecular flexibility index (Phi) is 3.16. The Morgan fingerprint density at radius 1 is 1.50 bits per heavy atom. The van der Waals surface area contributed by atoms with Crippen LogP contribution in [-0.4, -0.2) is 17.1 Å². The molecule has 0 aromatic heterocycles. The first-order valence-corrected chi connectivity index (χ1v) is 4.40. The van der Waals surface area contributed by atoms with E-state index in [1.54, 1.807) is 5.43 Å². The maximum atomic E-state index is 12.7. The van der Waals surface area contributed by atoms with Crippen LogP contribution in [0.5, 0.6) is 0 Å². The van der Waals surface area contributed by atoms with E-state index >= 15 is 0 Å². The summed E-state index contributed by atoms with van der Waals surface area (Å²) in [5, 5.41) is -1.85. The zero-order chi connectivity index (χ0) is 11.0. The second-order valence-electron chi connectivity index (χ2n) is 2.75. The number of allylic oxidation sites excluding steroid dienone is 2. The molecular formula is C7H7Cl2F3N2. The van der Waals surface area contributed by atoms with Gasteiger partial charge in [0.05, 0.1) is 10.4 Å². The Hall–Kier alpha value is -0.230. The lowest BCUT2D eigenvalue weighted by atomic mass is 9.90. The molecule has 2 nitrogen and oxygen atoms in total. The van der Waals surface area contributed by atoms with Crippen LogP contribution < -0.4 is 11.3 Å². The Labute approximate surface area is 88.5 Å². The van der Waals surface area contributed by atoms with Gasteiger partial charge in [-0.2, -0.15) is 13.2 Å². The topological polar surface area (TPSA) is 38.0 Å². The average molecular weight is 247 g/mol. The highest BCUT2D eigenvalue weighted by Gasteiger charge is 2.61. The fourth-order valence-electron chi connectivity index (χ4n) is 1.17. The monoisotopic (exact) mass is 246 g/mol. The van der Waals surface area contributed by atoms with Crippen molar-refractivity contribution in [3.05, 3.63) is 23.3 Å². The van der Waals surface area contributed by atoms with Gasteiger partial charge in [0.2, 0.25) is 0 Å². The van der Waals surface area contributed by atoms with Gasteiger partial charge in [-0.3, -0.25) is 5.84 Å². The number of rotatable bonds is 1. The third-order valence-corrected chi connectivity index (χ3v) is 2.88. The maximum absolute atomic E-state index is 12.7. The van der Waals surface area contributed by atoms with E-state index < -0.39 is 22.1 Å². The molecule has 1 aliphatic carbocycles. The third-order valence-electron chi connectivity index (χ3n) is 1.99. The SMILES string of the molecule is NNC1(C(F)(F)F)C(Cl)=CC=CC1Cl. The molecule has 0 spiro atoms. The highest BCUT2D eigenvalue weighted by atomic mass is 35.5. The van der Waals surface area contributed by atoms with Crippen LogP contribution in [0.3, 0.4) is 0 Å². The molecule has 2 unspecified atom stereocenters. The minimum atomic E-state index is -4.66. The van der Waals surface area contributed by atoms with E-state index in [1.807, 2.05) is 0 Å². The molecule has 0 aromatic rings. The van der Waals surface area contributed by atoms with E-state index in [2.05, 4.69) is 0 Å². The van der Waals surface area contributed by atoms with E-state index in [-0.39, 0.29) is 0 Å². The second-order valence-corrected chi connectivity index (χ2v) is 3.63. The number of hydrogen-bond donors (Lipinski definition) is 2. The van der Waals surface area contributed by atoms with E-state index in [9.17, 15) is 13.2 Å². The molecule has 14 heavy (non-hydrogen) atoms. The maximum Gasteiger partial charge on any atom is 0.414 e. The van der Waals surface area contributed by atoms with E-state index in [4.69, 9.17) is 29.0 Å². The molecule has 0 aromatic carbocycles. The fraction of sp³-hybridized carbons (Fsp3) is 0.429. The number of hydrazine groups is 1. The Bertz CT molecular complexity index is 287. The summed E-state index contributed by atoms with van der Waals surface area (Å²) in [6.07, 6.45) is -1.04. The van der Waals surface area contributed by atoms with Crippen LogP contribution in [0.25, 0.3) is 0 Å².